The fourth-order valence-electron chi connectivity index (χ4n) is 2.30. The first kappa shape index (κ1) is 20.4. The lowest BCUT2D eigenvalue weighted by atomic mass is 10.1. The fraction of sp³-hybridized carbons (Fsp3) is 0.438. The largest absolute Gasteiger partial charge is 0.383 e. The van der Waals surface area contributed by atoms with Gasteiger partial charge in [0.15, 0.2) is 0 Å². The first-order valence-corrected chi connectivity index (χ1v) is 10.5. The predicted molar refractivity (Wildman–Crippen MR) is 105 cm³/mol. The van der Waals surface area contributed by atoms with Crippen molar-refractivity contribution in [3.05, 3.63) is 33.7 Å². The minimum absolute atomic E-state index is 0.209. The van der Waals surface area contributed by atoms with E-state index in [4.69, 9.17) is 5.14 Å². The van der Waals surface area contributed by atoms with Crippen LogP contribution in [-0.4, -0.2) is 25.3 Å². The first-order chi connectivity index (χ1) is 11.8. The molecule has 0 fully saturated rings. The van der Waals surface area contributed by atoms with Gasteiger partial charge in [-0.3, -0.25) is 14.8 Å². The summed E-state index contributed by atoms with van der Waals surface area (Å²) in [6, 6.07) is -0.676. The van der Waals surface area contributed by atoms with E-state index in [0.717, 1.165) is 33.9 Å². The number of nitrogens with zero attached hydrogens (tertiary/aromatic N) is 2. The number of thiazole rings is 1. The number of nitrogens with one attached hydrogen (secondary N) is 2. The van der Waals surface area contributed by atoms with Crippen molar-refractivity contribution in [2.45, 2.75) is 51.4 Å². The summed E-state index contributed by atoms with van der Waals surface area (Å²) < 4.78 is 15.3. The Morgan fingerprint density at radius 2 is 1.77 bits per heavy atom. The quantitative estimate of drug-likeness (QED) is 0.502. The number of aliphatic hydroxyl groups is 1. The maximum absolute atomic E-state index is 12.7. The van der Waals surface area contributed by atoms with Crippen LogP contribution in [0.1, 0.15) is 41.4 Å². The zero-order valence-electron chi connectivity index (χ0n) is 15.7. The van der Waals surface area contributed by atoms with E-state index in [2.05, 4.69) is 20.0 Å². The molecule has 2 aromatic heterocycles. The molecule has 2 heterocycles. The zero-order chi connectivity index (χ0) is 19.9. The lowest BCUT2D eigenvalue weighted by Gasteiger charge is -2.21. The van der Waals surface area contributed by atoms with E-state index >= 15 is 0 Å². The number of rotatable bonds is 4. The molecule has 2 rings (SSSR count). The molecule has 0 aromatic carbocycles. The fourth-order valence-corrected chi connectivity index (χ4v) is 4.59. The molecule has 0 bridgehead atoms. The highest BCUT2D eigenvalue weighted by Gasteiger charge is 2.25. The van der Waals surface area contributed by atoms with E-state index < -0.39 is 21.9 Å². The van der Waals surface area contributed by atoms with Gasteiger partial charge in [-0.25, -0.2) is 14.0 Å². The summed E-state index contributed by atoms with van der Waals surface area (Å²) in [5, 5.41) is 18.9. The zero-order valence-corrected chi connectivity index (χ0v) is 17.4. The van der Waals surface area contributed by atoms with Crippen molar-refractivity contribution in [2.24, 2.45) is 5.14 Å². The van der Waals surface area contributed by atoms with Gasteiger partial charge in [-0.05, 0) is 52.7 Å². The molecule has 8 nitrogen and oxygen atoms in total. The molecule has 2 amide bonds. The molecule has 0 saturated carbocycles. The Balaban J connectivity index is 2.22. The number of anilines is 1. The smallest absolute Gasteiger partial charge is 0.330 e. The lowest BCUT2D eigenvalue weighted by molar-refractivity contribution is 0.0783. The van der Waals surface area contributed by atoms with Crippen molar-refractivity contribution in [1.82, 2.24) is 14.7 Å². The summed E-state index contributed by atoms with van der Waals surface area (Å²) in [5.74, 6) is 0. The summed E-state index contributed by atoms with van der Waals surface area (Å²) in [6.07, 6.45) is 1.32. The molecule has 0 aliphatic carbocycles. The molecule has 0 atom stereocenters. The standard InChI is InChI=1S/C16H25N5O3S2/c1-8-10(3)19-11(4)9(2)13(8)20-15(22)21-26(17,24)12-7-18-14(25-12)16(5,6)23/h7,23,26H,1-6H3,(H4,17,19,20,21,22,24). The number of amides is 2. The van der Waals surface area contributed by atoms with Gasteiger partial charge in [-0.2, -0.15) is 0 Å². The second kappa shape index (κ2) is 7.03. The molecule has 0 aliphatic heterocycles. The average molecular weight is 400 g/mol. The van der Waals surface area contributed by atoms with Crippen LogP contribution < -0.4 is 15.2 Å². The molecule has 0 spiro atoms. The van der Waals surface area contributed by atoms with E-state index in [9.17, 15) is 14.1 Å². The van der Waals surface area contributed by atoms with Crippen molar-refractivity contribution in [3.8, 4) is 0 Å². The topological polar surface area (TPSA) is 130 Å². The number of carbonyl (C=O) groups is 1. The third-order valence-corrected chi connectivity index (χ3v) is 7.53. The van der Waals surface area contributed by atoms with Crippen molar-refractivity contribution < 1.29 is 14.1 Å². The van der Waals surface area contributed by atoms with Crippen molar-refractivity contribution >= 4 is 33.4 Å². The maximum Gasteiger partial charge on any atom is 0.330 e. The molecule has 10 heteroatoms. The molecular weight excluding hydrogens is 374 g/mol. The van der Waals surface area contributed by atoms with Crippen LogP contribution in [0.15, 0.2) is 10.4 Å². The molecule has 0 unspecified atom stereocenters. The maximum atomic E-state index is 12.7. The van der Waals surface area contributed by atoms with Crippen LogP contribution >= 0.6 is 11.3 Å². The van der Waals surface area contributed by atoms with Crippen LogP contribution in [-0.2, 0) is 15.9 Å². The third kappa shape index (κ3) is 4.26. The average Bonchev–Trinajstić information content (AvgIpc) is 3.00. The van der Waals surface area contributed by atoms with E-state index in [1.54, 1.807) is 13.8 Å². The van der Waals surface area contributed by atoms with Gasteiger partial charge in [0.05, 0.1) is 11.9 Å². The van der Waals surface area contributed by atoms with Gasteiger partial charge in [0.25, 0.3) is 0 Å². The SMILES string of the molecule is Cc1nc(C)c(C)c(NC(=O)N[SH](N)(=O)c2cnc(C(C)(C)O)s2)c1C. The van der Waals surface area contributed by atoms with Gasteiger partial charge in [-0.15, -0.1) is 11.3 Å². The summed E-state index contributed by atoms with van der Waals surface area (Å²) >= 11 is 1.00. The van der Waals surface area contributed by atoms with Crippen LogP contribution in [0.4, 0.5) is 10.5 Å². The van der Waals surface area contributed by atoms with Gasteiger partial charge >= 0.3 is 6.03 Å². The second-order valence-electron chi connectivity index (χ2n) is 6.69. The Hall–Kier alpha value is -1.88. The van der Waals surface area contributed by atoms with E-state index in [1.807, 2.05) is 27.7 Å². The van der Waals surface area contributed by atoms with Crippen molar-refractivity contribution in [3.63, 3.8) is 0 Å². The first-order valence-electron chi connectivity index (χ1n) is 7.94. The Bertz CT molecular complexity index is 876. The van der Waals surface area contributed by atoms with Crippen molar-refractivity contribution in [1.29, 1.82) is 0 Å². The van der Waals surface area contributed by atoms with Crippen LogP contribution in [0.25, 0.3) is 0 Å². The highest BCUT2D eigenvalue weighted by Crippen LogP contribution is 2.28. The van der Waals surface area contributed by atoms with E-state index in [0.29, 0.717) is 10.7 Å². The molecular formula is C16H25N5O3S2. The van der Waals surface area contributed by atoms with Crippen molar-refractivity contribution in [2.75, 3.05) is 5.32 Å². The van der Waals surface area contributed by atoms with Gasteiger partial charge in [0.1, 0.15) is 14.8 Å². The number of hydrogen-bond acceptors (Lipinski definition) is 6. The number of aromatic nitrogens is 2. The molecule has 144 valence electrons. The number of carbonyl (C=O) groups excluding carboxylic acids is 1. The normalized spacial score (nSPS) is 12.8. The van der Waals surface area contributed by atoms with Gasteiger partial charge in [0.2, 0.25) is 0 Å². The monoisotopic (exact) mass is 399 g/mol. The van der Waals surface area contributed by atoms with Crippen LogP contribution in [0.3, 0.4) is 0 Å². The molecule has 26 heavy (non-hydrogen) atoms. The van der Waals surface area contributed by atoms with Crippen LogP contribution in [0, 0.1) is 27.7 Å². The number of pyridine rings is 1. The number of hydrogen-bond donors (Lipinski definition) is 5. The van der Waals surface area contributed by atoms with E-state index in [1.165, 1.54) is 6.20 Å². The van der Waals surface area contributed by atoms with Crippen LogP contribution in [0.2, 0.25) is 0 Å². The number of urea groups is 1. The third-order valence-electron chi connectivity index (χ3n) is 4.02. The van der Waals surface area contributed by atoms with Gasteiger partial charge < -0.3 is 10.4 Å². The van der Waals surface area contributed by atoms with Gasteiger partial charge in [0, 0.05) is 21.7 Å². The Labute approximate surface area is 157 Å². The van der Waals surface area contributed by atoms with Gasteiger partial charge in [-0.1, -0.05) is 0 Å². The number of aryl methyl sites for hydroxylation is 2. The summed E-state index contributed by atoms with van der Waals surface area (Å²) in [7, 11) is -3.67. The predicted octanol–water partition coefficient (Wildman–Crippen LogP) is 1.99. The van der Waals surface area contributed by atoms with E-state index in [-0.39, 0.29) is 4.21 Å². The second-order valence-corrected chi connectivity index (χ2v) is 10.0. The Kier molecular flexibility index (Phi) is 5.52. The Morgan fingerprint density at radius 3 is 2.23 bits per heavy atom. The highest BCUT2D eigenvalue weighted by molar-refractivity contribution is 8.01. The van der Waals surface area contributed by atoms with Crippen LogP contribution in [0.5, 0.6) is 0 Å². The minimum atomic E-state index is -3.67. The molecule has 0 saturated heterocycles. The molecule has 2 aromatic rings. The summed E-state index contributed by atoms with van der Waals surface area (Å²) in [4.78, 5) is 20.8. The number of nitrogens with two attached hydrogens (primary N) is 1. The lowest BCUT2D eigenvalue weighted by Crippen LogP contribution is -2.44. The summed E-state index contributed by atoms with van der Waals surface area (Å²) in [5.41, 5.74) is 2.71. The number of thiol groups is 1. The molecule has 0 aliphatic rings. The molecule has 0 radical (unpaired) electrons. The molecule has 5 N–H and O–H groups in total. The Morgan fingerprint density at radius 1 is 1.23 bits per heavy atom. The minimum Gasteiger partial charge on any atom is -0.383 e. The highest BCUT2D eigenvalue weighted by atomic mass is 32.3. The summed E-state index contributed by atoms with van der Waals surface area (Å²) in [6.45, 7) is 10.5.